The minimum absolute atomic E-state index is 0.0136. The Hall–Kier alpha value is -2.12. The molecule has 0 unspecified atom stereocenters. The van der Waals surface area contributed by atoms with Crippen molar-refractivity contribution in [2.45, 2.75) is 6.61 Å². The molecule has 0 N–H and O–H groups in total. The number of halogens is 3. The third kappa shape index (κ3) is 3.43. The van der Waals surface area contributed by atoms with Crippen molar-refractivity contribution in [1.29, 1.82) is 5.26 Å². The van der Waals surface area contributed by atoms with Crippen LogP contribution in [0.5, 0.6) is 5.75 Å². The van der Waals surface area contributed by atoms with Crippen molar-refractivity contribution < 1.29 is 13.5 Å². The lowest BCUT2D eigenvalue weighted by Gasteiger charge is -2.08. The first-order chi connectivity index (χ1) is 9.08. The van der Waals surface area contributed by atoms with Gasteiger partial charge in [0.2, 0.25) is 0 Å². The molecule has 2 rings (SSSR count). The highest BCUT2D eigenvalue weighted by Gasteiger charge is 2.05. The summed E-state index contributed by atoms with van der Waals surface area (Å²) in [6, 6.07) is 9.65. The van der Waals surface area contributed by atoms with Gasteiger partial charge in [0.25, 0.3) is 0 Å². The van der Waals surface area contributed by atoms with E-state index < -0.39 is 11.6 Å². The first-order valence-electron chi connectivity index (χ1n) is 5.36. The highest BCUT2D eigenvalue weighted by molar-refractivity contribution is 6.32. The molecule has 0 fully saturated rings. The van der Waals surface area contributed by atoms with E-state index in [0.717, 1.165) is 6.07 Å². The number of benzene rings is 2. The lowest BCUT2D eigenvalue weighted by atomic mass is 10.2. The smallest absolute Gasteiger partial charge is 0.138 e. The van der Waals surface area contributed by atoms with Crippen molar-refractivity contribution in [3.63, 3.8) is 0 Å². The molecule has 0 saturated heterocycles. The van der Waals surface area contributed by atoms with Gasteiger partial charge in [-0.3, -0.25) is 0 Å². The van der Waals surface area contributed by atoms with Gasteiger partial charge in [-0.1, -0.05) is 11.6 Å². The third-order valence-corrected chi connectivity index (χ3v) is 2.67. The summed E-state index contributed by atoms with van der Waals surface area (Å²) in [5.74, 6) is -0.973. The fourth-order valence-electron chi connectivity index (χ4n) is 1.54. The van der Waals surface area contributed by atoms with E-state index in [-0.39, 0.29) is 11.6 Å². The molecule has 0 spiro atoms. The fraction of sp³-hybridized carbons (Fsp3) is 0.0714. The van der Waals surface area contributed by atoms with Crippen molar-refractivity contribution >= 4 is 11.6 Å². The summed E-state index contributed by atoms with van der Waals surface area (Å²) in [7, 11) is 0. The Morgan fingerprint density at radius 1 is 1.11 bits per heavy atom. The van der Waals surface area contributed by atoms with Crippen LogP contribution in [0.2, 0.25) is 5.02 Å². The van der Waals surface area contributed by atoms with Crippen LogP contribution >= 0.6 is 11.6 Å². The average Bonchev–Trinajstić information content (AvgIpc) is 2.36. The molecule has 0 radical (unpaired) electrons. The van der Waals surface area contributed by atoms with Gasteiger partial charge in [0, 0.05) is 6.07 Å². The van der Waals surface area contributed by atoms with Crippen LogP contribution < -0.4 is 4.74 Å². The molecule has 0 heterocycles. The standard InChI is InChI=1S/C14H8ClF2NO/c15-13-5-9(7-18)1-2-14(13)19-8-10-3-11(16)6-12(17)4-10/h1-6H,8H2. The summed E-state index contributed by atoms with van der Waals surface area (Å²) >= 11 is 5.91. The molecule has 2 nitrogen and oxygen atoms in total. The molecule has 0 aliphatic heterocycles. The third-order valence-electron chi connectivity index (χ3n) is 2.38. The van der Waals surface area contributed by atoms with E-state index >= 15 is 0 Å². The van der Waals surface area contributed by atoms with E-state index in [1.54, 1.807) is 6.07 Å². The van der Waals surface area contributed by atoms with Gasteiger partial charge >= 0.3 is 0 Å². The van der Waals surface area contributed by atoms with Crippen molar-refractivity contribution in [3.8, 4) is 11.8 Å². The Labute approximate surface area is 113 Å². The van der Waals surface area contributed by atoms with Gasteiger partial charge in [0.1, 0.15) is 24.0 Å². The molecule has 0 saturated carbocycles. The second-order valence-electron chi connectivity index (χ2n) is 3.82. The van der Waals surface area contributed by atoms with Gasteiger partial charge in [-0.2, -0.15) is 5.26 Å². The Kier molecular flexibility index (Phi) is 3.98. The maximum absolute atomic E-state index is 13.0. The molecule has 2 aromatic rings. The summed E-state index contributed by atoms with van der Waals surface area (Å²) < 4.78 is 31.3. The molecule has 0 bridgehead atoms. The van der Waals surface area contributed by atoms with E-state index in [0.29, 0.717) is 16.9 Å². The maximum Gasteiger partial charge on any atom is 0.138 e. The van der Waals surface area contributed by atoms with Crippen LogP contribution in [0, 0.1) is 23.0 Å². The van der Waals surface area contributed by atoms with Gasteiger partial charge in [-0.25, -0.2) is 8.78 Å². The van der Waals surface area contributed by atoms with Gasteiger partial charge in [0.05, 0.1) is 16.7 Å². The van der Waals surface area contributed by atoms with Crippen LogP contribution in [-0.2, 0) is 6.61 Å². The second-order valence-corrected chi connectivity index (χ2v) is 4.23. The summed E-state index contributed by atoms with van der Waals surface area (Å²) in [5.41, 5.74) is 0.770. The van der Waals surface area contributed by atoms with E-state index in [1.165, 1.54) is 24.3 Å². The molecule has 96 valence electrons. The first-order valence-corrected chi connectivity index (χ1v) is 5.73. The van der Waals surface area contributed by atoms with E-state index in [9.17, 15) is 8.78 Å². The molecule has 19 heavy (non-hydrogen) atoms. The zero-order chi connectivity index (χ0) is 13.8. The average molecular weight is 280 g/mol. The van der Waals surface area contributed by atoms with Crippen molar-refractivity contribution in [1.82, 2.24) is 0 Å². The zero-order valence-electron chi connectivity index (χ0n) is 9.66. The quantitative estimate of drug-likeness (QED) is 0.848. The molecule has 0 amide bonds. The number of rotatable bonds is 3. The molecule has 5 heteroatoms. The largest absolute Gasteiger partial charge is 0.487 e. The fourth-order valence-corrected chi connectivity index (χ4v) is 1.78. The minimum Gasteiger partial charge on any atom is -0.487 e. The summed E-state index contributed by atoms with van der Waals surface area (Å²) in [6.07, 6.45) is 0. The van der Waals surface area contributed by atoms with Gasteiger partial charge in [-0.15, -0.1) is 0 Å². The molecule has 0 aromatic heterocycles. The maximum atomic E-state index is 13.0. The monoisotopic (exact) mass is 279 g/mol. The molecule has 0 aliphatic rings. The van der Waals surface area contributed by atoms with Crippen molar-refractivity contribution in [3.05, 3.63) is 64.2 Å². The molecule has 0 aliphatic carbocycles. The Balaban J connectivity index is 2.12. The molecular weight excluding hydrogens is 272 g/mol. The lowest BCUT2D eigenvalue weighted by molar-refractivity contribution is 0.305. The van der Waals surface area contributed by atoms with E-state index in [1.807, 2.05) is 6.07 Å². The Bertz CT molecular complexity index is 632. The van der Waals surface area contributed by atoms with Crippen LogP contribution in [0.4, 0.5) is 8.78 Å². The van der Waals surface area contributed by atoms with Crippen LogP contribution in [0.15, 0.2) is 36.4 Å². The van der Waals surface area contributed by atoms with E-state index in [2.05, 4.69) is 0 Å². The second kappa shape index (κ2) is 5.68. The zero-order valence-corrected chi connectivity index (χ0v) is 10.4. The van der Waals surface area contributed by atoms with E-state index in [4.69, 9.17) is 21.6 Å². The lowest BCUT2D eigenvalue weighted by Crippen LogP contribution is -1.97. The number of nitriles is 1. The molecular formula is C14H8ClF2NO. The highest BCUT2D eigenvalue weighted by Crippen LogP contribution is 2.26. The predicted octanol–water partition coefficient (Wildman–Crippen LogP) is 4.07. The summed E-state index contributed by atoms with van der Waals surface area (Å²) in [6.45, 7) is -0.0136. The Morgan fingerprint density at radius 3 is 2.37 bits per heavy atom. The number of hydrogen-bond acceptors (Lipinski definition) is 2. The summed E-state index contributed by atoms with van der Waals surface area (Å²) in [4.78, 5) is 0. The highest BCUT2D eigenvalue weighted by atomic mass is 35.5. The van der Waals surface area contributed by atoms with Crippen LogP contribution in [-0.4, -0.2) is 0 Å². The number of hydrogen-bond donors (Lipinski definition) is 0. The van der Waals surface area contributed by atoms with Gasteiger partial charge in [0.15, 0.2) is 0 Å². The SMILES string of the molecule is N#Cc1ccc(OCc2cc(F)cc(F)c2)c(Cl)c1. The number of nitrogens with zero attached hydrogens (tertiary/aromatic N) is 1. The normalized spacial score (nSPS) is 10.0. The first kappa shape index (κ1) is 13.3. The summed E-state index contributed by atoms with van der Waals surface area (Å²) in [5, 5.41) is 8.96. The van der Waals surface area contributed by atoms with Crippen molar-refractivity contribution in [2.75, 3.05) is 0 Å². The molecule has 0 atom stereocenters. The van der Waals surface area contributed by atoms with Crippen LogP contribution in [0.25, 0.3) is 0 Å². The minimum atomic E-state index is -0.662. The van der Waals surface area contributed by atoms with Gasteiger partial charge in [-0.05, 0) is 35.9 Å². The predicted molar refractivity (Wildman–Crippen MR) is 66.9 cm³/mol. The Morgan fingerprint density at radius 2 is 1.79 bits per heavy atom. The van der Waals surface area contributed by atoms with Gasteiger partial charge < -0.3 is 4.74 Å². The molecule has 2 aromatic carbocycles. The topological polar surface area (TPSA) is 33.0 Å². The number of ether oxygens (including phenoxy) is 1. The van der Waals surface area contributed by atoms with Crippen molar-refractivity contribution in [2.24, 2.45) is 0 Å². The van der Waals surface area contributed by atoms with Crippen LogP contribution in [0.1, 0.15) is 11.1 Å². The van der Waals surface area contributed by atoms with Crippen LogP contribution in [0.3, 0.4) is 0 Å².